The van der Waals surface area contributed by atoms with Crippen molar-refractivity contribution in [2.24, 2.45) is 0 Å². The lowest BCUT2D eigenvalue weighted by atomic mass is 10.1. The Hall–Kier alpha value is -2.13. The second-order valence-electron chi connectivity index (χ2n) is 6.30. The van der Waals surface area contributed by atoms with E-state index >= 15 is 0 Å². The molecule has 7 nitrogen and oxygen atoms in total. The van der Waals surface area contributed by atoms with Crippen LogP contribution in [0.2, 0.25) is 5.02 Å². The molecule has 0 aliphatic rings. The molecule has 1 atom stereocenters. The minimum Gasteiger partial charge on any atom is -0.495 e. The lowest BCUT2D eigenvalue weighted by molar-refractivity contribution is -0.122. The monoisotopic (exact) mass is 440 g/mol. The van der Waals surface area contributed by atoms with Crippen molar-refractivity contribution >= 4 is 27.5 Å². The van der Waals surface area contributed by atoms with E-state index in [0.29, 0.717) is 25.3 Å². The van der Waals surface area contributed by atoms with Crippen LogP contribution in [0.5, 0.6) is 5.75 Å². The average molecular weight is 441 g/mol. The van der Waals surface area contributed by atoms with E-state index in [4.69, 9.17) is 21.1 Å². The molecule has 0 bridgehead atoms. The highest BCUT2D eigenvalue weighted by molar-refractivity contribution is 7.89. The highest BCUT2D eigenvalue weighted by atomic mass is 35.5. The van der Waals surface area contributed by atoms with Gasteiger partial charge in [0.25, 0.3) is 0 Å². The molecule has 0 radical (unpaired) electrons. The molecule has 0 saturated heterocycles. The molecule has 0 aliphatic heterocycles. The van der Waals surface area contributed by atoms with E-state index in [1.807, 2.05) is 30.3 Å². The molecule has 0 aliphatic carbocycles. The van der Waals surface area contributed by atoms with Gasteiger partial charge in [0.2, 0.25) is 15.9 Å². The zero-order valence-corrected chi connectivity index (χ0v) is 17.9. The van der Waals surface area contributed by atoms with Crippen LogP contribution in [-0.2, 0) is 26.0 Å². The summed E-state index contributed by atoms with van der Waals surface area (Å²) in [5.74, 6) is -0.0459. The van der Waals surface area contributed by atoms with Gasteiger partial charge in [0, 0.05) is 20.3 Å². The normalized spacial score (nSPS) is 12.4. The van der Waals surface area contributed by atoms with Gasteiger partial charge in [0.05, 0.1) is 17.0 Å². The predicted octanol–water partition coefficient (Wildman–Crippen LogP) is 2.39. The molecular weight excluding hydrogens is 416 g/mol. The number of rotatable bonds is 11. The SMILES string of the molecule is COCCCNC(=O)C(Cc1ccccc1)NS(=O)(=O)c1ccc(OC)c(Cl)c1. The molecule has 9 heteroatoms. The first-order valence-corrected chi connectivity index (χ1v) is 10.9. The number of halogens is 1. The van der Waals surface area contributed by atoms with Gasteiger partial charge in [-0.2, -0.15) is 4.72 Å². The lowest BCUT2D eigenvalue weighted by Crippen LogP contribution is -2.48. The van der Waals surface area contributed by atoms with Crippen molar-refractivity contribution in [3.05, 3.63) is 59.1 Å². The van der Waals surface area contributed by atoms with Crippen molar-refractivity contribution in [1.29, 1.82) is 0 Å². The molecule has 0 saturated carbocycles. The Bertz CT molecular complexity index is 906. The molecule has 1 amide bonds. The van der Waals surface area contributed by atoms with Gasteiger partial charge in [-0.15, -0.1) is 0 Å². The molecule has 158 valence electrons. The largest absolute Gasteiger partial charge is 0.495 e. The van der Waals surface area contributed by atoms with Crippen LogP contribution in [0.25, 0.3) is 0 Å². The van der Waals surface area contributed by atoms with Crippen LogP contribution >= 0.6 is 11.6 Å². The smallest absolute Gasteiger partial charge is 0.241 e. The van der Waals surface area contributed by atoms with Crippen molar-refractivity contribution < 1.29 is 22.7 Å². The van der Waals surface area contributed by atoms with Crippen LogP contribution < -0.4 is 14.8 Å². The summed E-state index contributed by atoms with van der Waals surface area (Å²) in [6.07, 6.45) is 0.835. The van der Waals surface area contributed by atoms with Gasteiger partial charge in [-0.05, 0) is 36.6 Å². The van der Waals surface area contributed by atoms with Crippen LogP contribution in [0, 0.1) is 0 Å². The van der Waals surface area contributed by atoms with Gasteiger partial charge in [0.1, 0.15) is 11.8 Å². The number of hydrogen-bond donors (Lipinski definition) is 2. The number of carbonyl (C=O) groups is 1. The maximum atomic E-state index is 12.9. The number of sulfonamides is 1. The zero-order valence-electron chi connectivity index (χ0n) is 16.4. The van der Waals surface area contributed by atoms with Gasteiger partial charge in [-0.25, -0.2) is 8.42 Å². The van der Waals surface area contributed by atoms with E-state index in [2.05, 4.69) is 10.0 Å². The fourth-order valence-corrected chi connectivity index (χ4v) is 4.20. The quantitative estimate of drug-likeness (QED) is 0.523. The summed E-state index contributed by atoms with van der Waals surface area (Å²) in [7, 11) is -0.963. The Morgan fingerprint density at radius 1 is 1.14 bits per heavy atom. The molecule has 0 fully saturated rings. The van der Waals surface area contributed by atoms with E-state index in [1.165, 1.54) is 25.3 Å². The molecule has 2 aromatic rings. The number of carbonyl (C=O) groups excluding carboxylic acids is 1. The Labute approximate surface area is 176 Å². The lowest BCUT2D eigenvalue weighted by Gasteiger charge is -2.19. The molecule has 0 spiro atoms. The first-order chi connectivity index (χ1) is 13.9. The molecule has 0 aromatic heterocycles. The molecule has 1 unspecified atom stereocenters. The van der Waals surface area contributed by atoms with Gasteiger partial charge in [-0.3, -0.25) is 4.79 Å². The van der Waals surface area contributed by atoms with E-state index in [0.717, 1.165) is 5.56 Å². The maximum absolute atomic E-state index is 12.9. The summed E-state index contributed by atoms with van der Waals surface area (Å²) in [6, 6.07) is 12.4. The maximum Gasteiger partial charge on any atom is 0.241 e. The van der Waals surface area contributed by atoms with E-state index in [1.54, 1.807) is 7.11 Å². The highest BCUT2D eigenvalue weighted by Crippen LogP contribution is 2.27. The summed E-state index contributed by atoms with van der Waals surface area (Å²) in [5.41, 5.74) is 0.833. The minimum atomic E-state index is -3.98. The van der Waals surface area contributed by atoms with Gasteiger partial charge < -0.3 is 14.8 Å². The number of hydrogen-bond acceptors (Lipinski definition) is 5. The molecule has 0 heterocycles. The minimum absolute atomic E-state index is 0.0476. The predicted molar refractivity (Wildman–Crippen MR) is 112 cm³/mol. The van der Waals surface area contributed by atoms with E-state index in [9.17, 15) is 13.2 Å². The second-order valence-corrected chi connectivity index (χ2v) is 8.42. The van der Waals surface area contributed by atoms with Crippen LogP contribution in [0.15, 0.2) is 53.4 Å². The van der Waals surface area contributed by atoms with E-state index in [-0.39, 0.29) is 16.3 Å². The first kappa shape index (κ1) is 23.2. The molecule has 2 rings (SSSR count). The average Bonchev–Trinajstić information content (AvgIpc) is 2.71. The van der Waals surface area contributed by atoms with Gasteiger partial charge >= 0.3 is 0 Å². The number of amides is 1. The number of nitrogens with one attached hydrogen (secondary N) is 2. The summed E-state index contributed by atoms with van der Waals surface area (Å²) in [5, 5.41) is 2.92. The van der Waals surface area contributed by atoms with Crippen molar-refractivity contribution in [3.8, 4) is 5.75 Å². The fraction of sp³-hybridized carbons (Fsp3) is 0.350. The van der Waals surface area contributed by atoms with Gasteiger partial charge in [-0.1, -0.05) is 41.9 Å². The number of ether oxygens (including phenoxy) is 2. The van der Waals surface area contributed by atoms with Crippen molar-refractivity contribution in [2.75, 3.05) is 27.4 Å². The Balaban J connectivity index is 2.20. The third-order valence-electron chi connectivity index (χ3n) is 4.15. The number of benzene rings is 2. The van der Waals surface area contributed by atoms with Crippen molar-refractivity contribution in [1.82, 2.24) is 10.0 Å². The third-order valence-corrected chi connectivity index (χ3v) is 5.92. The van der Waals surface area contributed by atoms with Crippen molar-refractivity contribution in [2.45, 2.75) is 23.8 Å². The number of methoxy groups -OCH3 is 2. The molecular formula is C20H25ClN2O5S. The Kier molecular flexibility index (Phi) is 8.91. The topological polar surface area (TPSA) is 93.7 Å². The fourth-order valence-electron chi connectivity index (χ4n) is 2.66. The molecule has 2 N–H and O–H groups in total. The third kappa shape index (κ3) is 7.01. The highest BCUT2D eigenvalue weighted by Gasteiger charge is 2.26. The van der Waals surface area contributed by atoms with Crippen LogP contribution in [0.1, 0.15) is 12.0 Å². The zero-order chi connectivity index (χ0) is 21.3. The van der Waals surface area contributed by atoms with Gasteiger partial charge in [0.15, 0.2) is 0 Å². The first-order valence-electron chi connectivity index (χ1n) is 9.04. The van der Waals surface area contributed by atoms with Crippen LogP contribution in [0.4, 0.5) is 0 Å². The summed E-state index contributed by atoms with van der Waals surface area (Å²) >= 11 is 6.05. The summed E-state index contributed by atoms with van der Waals surface area (Å²) in [6.45, 7) is 0.883. The second kappa shape index (κ2) is 11.2. The molecule has 29 heavy (non-hydrogen) atoms. The molecule has 2 aromatic carbocycles. The summed E-state index contributed by atoms with van der Waals surface area (Å²) < 4.78 is 38.2. The van der Waals surface area contributed by atoms with E-state index < -0.39 is 22.0 Å². The Morgan fingerprint density at radius 2 is 1.86 bits per heavy atom. The standard InChI is InChI=1S/C20H25ClN2O5S/c1-27-12-6-11-22-20(24)18(13-15-7-4-3-5-8-15)23-29(25,26)16-9-10-19(28-2)17(21)14-16/h3-5,7-10,14,18,23H,6,11-13H2,1-2H3,(H,22,24). The van der Waals surface area contributed by atoms with Crippen LogP contribution in [0.3, 0.4) is 0 Å². The van der Waals surface area contributed by atoms with Crippen LogP contribution in [-0.4, -0.2) is 47.7 Å². The Morgan fingerprint density at radius 3 is 2.48 bits per heavy atom. The summed E-state index contributed by atoms with van der Waals surface area (Å²) in [4.78, 5) is 12.6. The van der Waals surface area contributed by atoms with Crippen molar-refractivity contribution in [3.63, 3.8) is 0 Å².